The van der Waals surface area contributed by atoms with E-state index in [2.05, 4.69) is 10.6 Å². The average Bonchev–Trinajstić information content (AvgIpc) is 3.42. The molecule has 3 aliphatic rings. The molecule has 1 saturated heterocycles. The third-order valence-corrected chi connectivity index (χ3v) is 7.82. The zero-order valence-corrected chi connectivity index (χ0v) is 19.6. The van der Waals surface area contributed by atoms with Gasteiger partial charge < -0.3 is 19.9 Å². The number of halogens is 1. The summed E-state index contributed by atoms with van der Waals surface area (Å²) in [5.74, 6) is 0.0515. The van der Waals surface area contributed by atoms with E-state index in [0.717, 1.165) is 10.3 Å². The number of amides is 2. The first-order valence-electron chi connectivity index (χ1n) is 11.6. The first kappa shape index (κ1) is 22.1. The van der Waals surface area contributed by atoms with Crippen molar-refractivity contribution in [2.45, 2.75) is 29.9 Å². The minimum absolute atomic E-state index is 0.0563. The third-order valence-electron chi connectivity index (χ3n) is 6.75. The van der Waals surface area contributed by atoms with Crippen LogP contribution in [0, 0.1) is 5.82 Å². The van der Waals surface area contributed by atoms with Crippen LogP contribution in [0.2, 0.25) is 0 Å². The van der Waals surface area contributed by atoms with Crippen molar-refractivity contribution in [1.82, 2.24) is 9.88 Å². The Balaban J connectivity index is 1.06. The average molecular weight is 495 g/mol. The molecule has 4 heterocycles. The van der Waals surface area contributed by atoms with Crippen molar-refractivity contribution in [2.24, 2.45) is 0 Å². The summed E-state index contributed by atoms with van der Waals surface area (Å²) in [6, 6.07) is 11.8. The van der Waals surface area contributed by atoms with E-state index in [9.17, 15) is 18.8 Å². The second-order valence-electron chi connectivity index (χ2n) is 8.99. The molecule has 2 atom stereocenters. The number of ether oxygens (including phenoxy) is 1. The highest BCUT2D eigenvalue weighted by Crippen LogP contribution is 2.36. The van der Waals surface area contributed by atoms with Gasteiger partial charge >= 0.3 is 6.09 Å². The Morgan fingerprint density at radius 2 is 2.00 bits per heavy atom. The van der Waals surface area contributed by atoms with Crippen molar-refractivity contribution >= 4 is 46.0 Å². The number of thioether (sulfide) groups is 1. The van der Waals surface area contributed by atoms with Crippen LogP contribution in [0.1, 0.15) is 18.0 Å². The van der Waals surface area contributed by atoms with E-state index in [1.807, 2.05) is 12.1 Å². The van der Waals surface area contributed by atoms with Gasteiger partial charge in [0.15, 0.2) is 0 Å². The molecule has 1 unspecified atom stereocenters. The monoisotopic (exact) mass is 494 g/mol. The second-order valence-corrected chi connectivity index (χ2v) is 10.0. The number of fused-ring (bicyclic) bond motifs is 1. The molecule has 0 saturated carbocycles. The van der Waals surface area contributed by atoms with Crippen LogP contribution in [0.25, 0.3) is 10.9 Å². The Labute approximate surface area is 204 Å². The Morgan fingerprint density at radius 3 is 2.89 bits per heavy atom. The number of hydrogen-bond donors (Lipinski definition) is 2. The van der Waals surface area contributed by atoms with Crippen molar-refractivity contribution in [2.75, 3.05) is 35.6 Å². The maximum absolute atomic E-state index is 14.4. The Bertz CT molecular complexity index is 1420. The topological polar surface area (TPSA) is 92.7 Å². The minimum atomic E-state index is -0.412. The summed E-state index contributed by atoms with van der Waals surface area (Å²) >= 11 is 1.47. The van der Waals surface area contributed by atoms with Crippen LogP contribution in [-0.4, -0.2) is 48.1 Å². The lowest BCUT2D eigenvalue weighted by Gasteiger charge is -2.20. The van der Waals surface area contributed by atoms with Gasteiger partial charge in [-0.05, 0) is 61.2 Å². The predicted octanol–water partition coefficient (Wildman–Crippen LogP) is 3.29. The lowest BCUT2D eigenvalue weighted by atomic mass is 10.1. The minimum Gasteiger partial charge on any atom is -0.444 e. The quantitative estimate of drug-likeness (QED) is 0.511. The van der Waals surface area contributed by atoms with E-state index in [1.54, 1.807) is 27.7 Å². The van der Waals surface area contributed by atoms with Crippen LogP contribution in [0.15, 0.2) is 52.2 Å². The maximum atomic E-state index is 14.4. The van der Waals surface area contributed by atoms with Crippen molar-refractivity contribution in [3.63, 3.8) is 0 Å². The molecule has 0 spiro atoms. The smallest absolute Gasteiger partial charge is 0.414 e. The molecule has 2 N–H and O–H groups in total. The highest BCUT2D eigenvalue weighted by atomic mass is 32.2. The molecule has 1 fully saturated rings. The highest BCUT2D eigenvalue weighted by Gasteiger charge is 2.33. The molecule has 0 bridgehead atoms. The highest BCUT2D eigenvalue weighted by molar-refractivity contribution is 8.00. The van der Waals surface area contributed by atoms with E-state index < -0.39 is 6.09 Å². The number of nitrogens with one attached hydrogen (secondary N) is 2. The van der Waals surface area contributed by atoms with Crippen LogP contribution >= 0.6 is 11.8 Å². The number of pyridine rings is 1. The van der Waals surface area contributed by atoms with Gasteiger partial charge in [0.05, 0.1) is 29.5 Å². The van der Waals surface area contributed by atoms with Crippen LogP contribution in [0.5, 0.6) is 0 Å². The molecule has 2 aromatic carbocycles. The lowest BCUT2D eigenvalue weighted by Crippen LogP contribution is -2.32. The van der Waals surface area contributed by atoms with Gasteiger partial charge in [0, 0.05) is 28.8 Å². The maximum Gasteiger partial charge on any atom is 0.414 e. The predicted molar refractivity (Wildman–Crippen MR) is 132 cm³/mol. The number of carbonyl (C=O) groups is 2. The number of cyclic esters (lactones) is 1. The SMILES string of the molecule is O=C1CSc2ccc(N3CC(CCNC[C@H]4Cc5c(F)ccc6ccc(=O)n4c56)OC3=O)cc2N1. The number of anilines is 2. The molecule has 6 rings (SSSR count). The lowest BCUT2D eigenvalue weighted by molar-refractivity contribution is -0.113. The molecular formula is C25H23FN4O4S. The van der Waals surface area contributed by atoms with Gasteiger partial charge in [0.25, 0.3) is 5.56 Å². The molecule has 3 aromatic rings. The summed E-state index contributed by atoms with van der Waals surface area (Å²) in [6.45, 7) is 1.52. The summed E-state index contributed by atoms with van der Waals surface area (Å²) in [4.78, 5) is 39.2. The molecule has 35 heavy (non-hydrogen) atoms. The number of benzene rings is 2. The zero-order valence-electron chi connectivity index (χ0n) is 18.8. The van der Waals surface area contributed by atoms with Gasteiger partial charge in [-0.2, -0.15) is 0 Å². The van der Waals surface area contributed by atoms with Gasteiger partial charge in [-0.15, -0.1) is 11.8 Å². The van der Waals surface area contributed by atoms with Crippen molar-refractivity contribution in [1.29, 1.82) is 0 Å². The zero-order chi connectivity index (χ0) is 24.1. The number of nitrogens with zero attached hydrogens (tertiary/aromatic N) is 2. The fourth-order valence-electron chi connectivity index (χ4n) is 5.10. The number of rotatable bonds is 6. The number of aromatic nitrogens is 1. The van der Waals surface area contributed by atoms with E-state index >= 15 is 0 Å². The van der Waals surface area contributed by atoms with Crippen LogP contribution in [-0.2, 0) is 16.0 Å². The third kappa shape index (κ3) is 3.96. The molecule has 0 radical (unpaired) electrons. The molecule has 3 aliphatic heterocycles. The normalized spacial score (nSPS) is 20.8. The first-order valence-corrected chi connectivity index (χ1v) is 12.5. The Hall–Kier alpha value is -3.37. The van der Waals surface area contributed by atoms with Crippen molar-refractivity contribution in [3.8, 4) is 0 Å². The summed E-state index contributed by atoms with van der Waals surface area (Å²) in [5.41, 5.74) is 2.54. The largest absolute Gasteiger partial charge is 0.444 e. The van der Waals surface area contributed by atoms with Gasteiger partial charge in [0.1, 0.15) is 11.9 Å². The van der Waals surface area contributed by atoms with E-state index in [4.69, 9.17) is 4.74 Å². The number of carbonyl (C=O) groups excluding carboxylic acids is 2. The number of hydrogen-bond acceptors (Lipinski definition) is 6. The van der Waals surface area contributed by atoms with Gasteiger partial charge in [-0.25, -0.2) is 9.18 Å². The summed E-state index contributed by atoms with van der Waals surface area (Å²) < 4.78 is 21.6. The summed E-state index contributed by atoms with van der Waals surface area (Å²) in [7, 11) is 0. The van der Waals surface area contributed by atoms with Crippen LogP contribution in [0.4, 0.5) is 20.6 Å². The van der Waals surface area contributed by atoms with E-state index in [1.165, 1.54) is 23.9 Å². The molecular weight excluding hydrogens is 471 g/mol. The fraction of sp³-hybridized carbons (Fsp3) is 0.320. The standard InChI is InChI=1S/C25H23FN4O4S/c26-19-4-1-14-2-6-23(32)30-16(9-18(19)24(14)30)11-27-8-7-17-12-29(25(33)34-17)15-3-5-21-20(10-15)28-22(31)13-35-21/h1-6,10,16-17,27H,7-9,11-13H2,(H,28,31)/t16-,17?/m1/s1. The molecule has 1 aromatic heterocycles. The fourth-order valence-corrected chi connectivity index (χ4v) is 5.89. The van der Waals surface area contributed by atoms with E-state index in [0.29, 0.717) is 60.7 Å². The van der Waals surface area contributed by atoms with Gasteiger partial charge in [-0.1, -0.05) is 0 Å². The van der Waals surface area contributed by atoms with Gasteiger partial charge in [-0.3, -0.25) is 14.5 Å². The van der Waals surface area contributed by atoms with Crippen molar-refractivity contribution in [3.05, 3.63) is 64.2 Å². The summed E-state index contributed by atoms with van der Waals surface area (Å²) in [6.07, 6.45) is 0.380. The molecule has 8 nitrogen and oxygen atoms in total. The Morgan fingerprint density at radius 1 is 1.14 bits per heavy atom. The molecule has 2 amide bonds. The Kier molecular flexibility index (Phi) is 5.49. The van der Waals surface area contributed by atoms with E-state index in [-0.39, 0.29) is 29.4 Å². The first-order chi connectivity index (χ1) is 17.0. The van der Waals surface area contributed by atoms with Crippen molar-refractivity contribution < 1.29 is 18.7 Å². The molecule has 0 aliphatic carbocycles. The van der Waals surface area contributed by atoms with Crippen LogP contribution < -0.4 is 21.1 Å². The summed E-state index contributed by atoms with van der Waals surface area (Å²) in [5, 5.41) is 7.06. The second kappa shape index (κ2) is 8.69. The molecule has 10 heteroatoms. The van der Waals surface area contributed by atoms with Crippen LogP contribution in [0.3, 0.4) is 0 Å². The van der Waals surface area contributed by atoms with Gasteiger partial charge in [0.2, 0.25) is 5.91 Å². The molecule has 180 valence electrons.